The molecule has 78 valence electrons. The van der Waals surface area contributed by atoms with Crippen molar-refractivity contribution in [1.29, 1.82) is 0 Å². The highest BCUT2D eigenvalue weighted by molar-refractivity contribution is 5.84. The number of carbonyl (C=O) groups is 1. The van der Waals surface area contributed by atoms with Crippen molar-refractivity contribution in [3.63, 3.8) is 0 Å². The molecular formula is C11H22O2. The Labute approximate surface area is 81.3 Å². The van der Waals surface area contributed by atoms with Gasteiger partial charge in [0.05, 0.1) is 0 Å². The lowest BCUT2D eigenvalue weighted by molar-refractivity contribution is -0.134. The van der Waals surface area contributed by atoms with Crippen molar-refractivity contribution in [3.05, 3.63) is 0 Å². The molecule has 0 saturated carbocycles. The van der Waals surface area contributed by atoms with Crippen molar-refractivity contribution in [2.75, 3.05) is 0 Å². The molecule has 1 N–H and O–H groups in total. The second-order valence-electron chi connectivity index (χ2n) is 4.24. The lowest BCUT2D eigenvalue weighted by Gasteiger charge is -2.20. The highest BCUT2D eigenvalue weighted by Gasteiger charge is 2.25. The summed E-state index contributed by atoms with van der Waals surface area (Å²) in [4.78, 5) is 11.0. The van der Waals surface area contributed by atoms with Crippen molar-refractivity contribution in [2.45, 2.75) is 59.0 Å². The molecule has 2 heteroatoms. The van der Waals surface area contributed by atoms with E-state index in [1.807, 2.05) is 0 Å². The minimum absolute atomic E-state index is 0.128. The zero-order valence-corrected chi connectivity index (χ0v) is 9.26. The molecule has 0 spiro atoms. The largest absolute Gasteiger partial charge is 0.382 e. The number of rotatable bonds is 6. The number of aliphatic hydroxyl groups is 1. The molecule has 0 radical (unpaired) electrons. The van der Waals surface area contributed by atoms with E-state index in [2.05, 4.69) is 13.8 Å². The van der Waals surface area contributed by atoms with Gasteiger partial charge in [-0.3, -0.25) is 4.79 Å². The number of hydrogen-bond donors (Lipinski definition) is 1. The summed E-state index contributed by atoms with van der Waals surface area (Å²) >= 11 is 0. The van der Waals surface area contributed by atoms with Crippen LogP contribution in [-0.2, 0) is 4.79 Å². The first-order valence-corrected chi connectivity index (χ1v) is 5.13. The topological polar surface area (TPSA) is 37.3 Å². The van der Waals surface area contributed by atoms with Crippen LogP contribution in [0.25, 0.3) is 0 Å². The fraction of sp³-hybridized carbons (Fsp3) is 0.909. The Kier molecular flexibility index (Phi) is 5.23. The minimum Gasteiger partial charge on any atom is -0.382 e. The molecule has 0 aliphatic carbocycles. The third-order valence-electron chi connectivity index (χ3n) is 2.82. The molecule has 0 rings (SSSR count). The molecule has 0 aromatic heterocycles. The van der Waals surface area contributed by atoms with Crippen molar-refractivity contribution in [2.24, 2.45) is 5.92 Å². The van der Waals surface area contributed by atoms with E-state index in [0.717, 1.165) is 12.8 Å². The summed E-state index contributed by atoms with van der Waals surface area (Å²) in [7, 11) is 0. The number of hydrogen-bond acceptors (Lipinski definition) is 2. The second-order valence-corrected chi connectivity index (χ2v) is 4.24. The molecule has 2 nitrogen and oxygen atoms in total. The predicted molar refractivity (Wildman–Crippen MR) is 54.6 cm³/mol. The van der Waals surface area contributed by atoms with Crippen LogP contribution in [0.15, 0.2) is 0 Å². The standard InChI is InChI=1S/C11H22O2/c1-5-9(2)7-6-8-11(4,13)10(3)12/h9,13H,5-8H2,1-4H3. The molecule has 0 amide bonds. The molecule has 0 aliphatic heterocycles. The summed E-state index contributed by atoms with van der Waals surface area (Å²) in [5.74, 6) is 0.569. The molecule has 2 atom stereocenters. The Morgan fingerprint density at radius 3 is 2.46 bits per heavy atom. The van der Waals surface area contributed by atoms with E-state index in [0.29, 0.717) is 12.3 Å². The van der Waals surface area contributed by atoms with E-state index in [9.17, 15) is 9.90 Å². The summed E-state index contributed by atoms with van der Waals surface area (Å²) in [5.41, 5.74) is -1.10. The maximum atomic E-state index is 11.0. The number of carbonyl (C=O) groups excluding carboxylic acids is 1. The van der Waals surface area contributed by atoms with Gasteiger partial charge in [0.1, 0.15) is 5.60 Å². The van der Waals surface area contributed by atoms with E-state index < -0.39 is 5.60 Å². The Morgan fingerprint density at radius 1 is 1.54 bits per heavy atom. The maximum absolute atomic E-state index is 11.0. The molecule has 0 bridgehead atoms. The van der Waals surface area contributed by atoms with Gasteiger partial charge in [-0.05, 0) is 32.6 Å². The van der Waals surface area contributed by atoms with Crippen LogP contribution in [0, 0.1) is 5.92 Å². The highest BCUT2D eigenvalue weighted by atomic mass is 16.3. The average Bonchev–Trinajstić information content (AvgIpc) is 2.03. The summed E-state index contributed by atoms with van der Waals surface area (Å²) in [6.07, 6.45) is 3.79. The normalized spacial score (nSPS) is 17.9. The van der Waals surface area contributed by atoms with Gasteiger partial charge in [0.2, 0.25) is 0 Å². The SMILES string of the molecule is CCC(C)CCCC(C)(O)C(C)=O. The van der Waals surface area contributed by atoms with Crippen LogP contribution in [0.2, 0.25) is 0 Å². The Bertz CT molecular complexity index is 161. The molecule has 0 aromatic rings. The summed E-state index contributed by atoms with van der Waals surface area (Å²) < 4.78 is 0. The molecule has 0 heterocycles. The molecule has 0 aliphatic rings. The van der Waals surface area contributed by atoms with Crippen molar-refractivity contribution in [1.82, 2.24) is 0 Å². The highest BCUT2D eigenvalue weighted by Crippen LogP contribution is 2.18. The Balaban J connectivity index is 3.70. The van der Waals surface area contributed by atoms with Crippen LogP contribution in [0.4, 0.5) is 0 Å². The summed E-state index contributed by atoms with van der Waals surface area (Å²) in [5, 5.41) is 9.63. The van der Waals surface area contributed by atoms with Crippen LogP contribution < -0.4 is 0 Å². The van der Waals surface area contributed by atoms with Gasteiger partial charge >= 0.3 is 0 Å². The van der Waals surface area contributed by atoms with Crippen molar-refractivity contribution < 1.29 is 9.90 Å². The zero-order valence-electron chi connectivity index (χ0n) is 9.26. The molecule has 0 fully saturated rings. The van der Waals surface area contributed by atoms with Gasteiger partial charge in [-0.15, -0.1) is 0 Å². The summed E-state index contributed by atoms with van der Waals surface area (Å²) in [6.45, 7) is 7.41. The molecule has 0 aromatic carbocycles. The van der Waals surface area contributed by atoms with Crippen LogP contribution in [-0.4, -0.2) is 16.5 Å². The zero-order chi connectivity index (χ0) is 10.5. The molecular weight excluding hydrogens is 164 g/mol. The van der Waals surface area contributed by atoms with E-state index >= 15 is 0 Å². The van der Waals surface area contributed by atoms with E-state index in [4.69, 9.17) is 0 Å². The first kappa shape index (κ1) is 12.6. The number of Topliss-reactive ketones (excluding diaryl/α,β-unsaturated/α-hetero) is 1. The van der Waals surface area contributed by atoms with Crippen molar-refractivity contribution >= 4 is 5.78 Å². The monoisotopic (exact) mass is 186 g/mol. The van der Waals surface area contributed by atoms with Gasteiger partial charge in [0, 0.05) is 0 Å². The smallest absolute Gasteiger partial charge is 0.160 e. The quantitative estimate of drug-likeness (QED) is 0.692. The van der Waals surface area contributed by atoms with E-state index in [1.54, 1.807) is 6.92 Å². The second kappa shape index (κ2) is 5.38. The Hall–Kier alpha value is -0.370. The van der Waals surface area contributed by atoms with Crippen LogP contribution in [0.3, 0.4) is 0 Å². The molecule has 13 heavy (non-hydrogen) atoms. The Morgan fingerprint density at radius 2 is 2.08 bits per heavy atom. The first-order chi connectivity index (χ1) is 5.90. The van der Waals surface area contributed by atoms with Gasteiger partial charge in [-0.25, -0.2) is 0 Å². The molecule has 0 saturated heterocycles. The van der Waals surface area contributed by atoms with E-state index in [1.165, 1.54) is 13.3 Å². The summed E-state index contributed by atoms with van der Waals surface area (Å²) in [6, 6.07) is 0. The van der Waals surface area contributed by atoms with Gasteiger partial charge in [-0.1, -0.05) is 26.7 Å². The van der Waals surface area contributed by atoms with Gasteiger partial charge in [0.15, 0.2) is 5.78 Å². The fourth-order valence-electron chi connectivity index (χ4n) is 1.17. The maximum Gasteiger partial charge on any atom is 0.160 e. The average molecular weight is 186 g/mol. The first-order valence-electron chi connectivity index (χ1n) is 5.13. The van der Waals surface area contributed by atoms with Crippen LogP contribution in [0.5, 0.6) is 0 Å². The van der Waals surface area contributed by atoms with E-state index in [-0.39, 0.29) is 5.78 Å². The van der Waals surface area contributed by atoms with Crippen LogP contribution >= 0.6 is 0 Å². The minimum atomic E-state index is -1.10. The number of ketones is 1. The molecule has 2 unspecified atom stereocenters. The van der Waals surface area contributed by atoms with Gasteiger partial charge < -0.3 is 5.11 Å². The van der Waals surface area contributed by atoms with Gasteiger partial charge in [0.25, 0.3) is 0 Å². The third-order valence-corrected chi connectivity index (χ3v) is 2.82. The lowest BCUT2D eigenvalue weighted by Crippen LogP contribution is -2.32. The van der Waals surface area contributed by atoms with Crippen LogP contribution in [0.1, 0.15) is 53.4 Å². The third kappa shape index (κ3) is 5.04. The fourth-order valence-corrected chi connectivity index (χ4v) is 1.17. The predicted octanol–water partition coefficient (Wildman–Crippen LogP) is 2.54. The van der Waals surface area contributed by atoms with Gasteiger partial charge in [-0.2, -0.15) is 0 Å². The van der Waals surface area contributed by atoms with Crippen molar-refractivity contribution in [3.8, 4) is 0 Å². The lowest BCUT2D eigenvalue weighted by atomic mass is 9.92.